The van der Waals surface area contributed by atoms with Crippen molar-refractivity contribution in [3.8, 4) is 0 Å². The van der Waals surface area contributed by atoms with Crippen LogP contribution in [0.3, 0.4) is 0 Å². The lowest BCUT2D eigenvalue weighted by Gasteiger charge is -1.96. The van der Waals surface area contributed by atoms with E-state index in [9.17, 15) is 4.79 Å². The summed E-state index contributed by atoms with van der Waals surface area (Å²) in [4.78, 5) is 9.83. The lowest BCUT2D eigenvalue weighted by molar-refractivity contribution is -0.131. The first kappa shape index (κ1) is 9.13. The third kappa shape index (κ3) is 7.13. The zero-order chi connectivity index (χ0) is 7.98. The molecule has 4 nitrogen and oxygen atoms in total. The first-order chi connectivity index (χ1) is 4.63. The zero-order valence-electron chi connectivity index (χ0n) is 5.40. The van der Waals surface area contributed by atoms with Gasteiger partial charge in [-0.1, -0.05) is 6.08 Å². The number of rotatable bonds is 4. The van der Waals surface area contributed by atoms with Crippen LogP contribution in [0.2, 0.25) is 0 Å². The van der Waals surface area contributed by atoms with Crippen LogP contribution in [-0.2, 0) is 4.79 Å². The van der Waals surface area contributed by atoms with Crippen LogP contribution in [0.25, 0.3) is 0 Å². The average molecular weight is 146 g/mol. The largest absolute Gasteiger partial charge is 0.478 e. The Morgan fingerprint density at radius 1 is 1.50 bits per heavy atom. The van der Waals surface area contributed by atoms with Crippen molar-refractivity contribution in [1.29, 1.82) is 0 Å². The van der Waals surface area contributed by atoms with Crippen LogP contribution in [0.1, 0.15) is 12.8 Å². The number of aliphatic carboxylic acids is 1. The molecule has 0 spiro atoms. The van der Waals surface area contributed by atoms with E-state index in [0.29, 0.717) is 6.42 Å². The molecule has 0 aliphatic carbocycles. The third-order valence-electron chi connectivity index (χ3n) is 0.852. The fourth-order valence-corrected chi connectivity index (χ4v) is 0.429. The van der Waals surface area contributed by atoms with Crippen LogP contribution in [0.4, 0.5) is 0 Å². The average Bonchev–Trinajstić information content (AvgIpc) is 1.79. The Morgan fingerprint density at radius 2 is 2.10 bits per heavy atom. The van der Waals surface area contributed by atoms with Crippen molar-refractivity contribution < 1.29 is 20.1 Å². The standard InChI is InChI=1S/C6H10O4/c7-5(8)3-1-2-4-6(9)10/h1,3,6,9-10H,2,4H2,(H,7,8). The highest BCUT2D eigenvalue weighted by Crippen LogP contribution is 1.93. The van der Waals surface area contributed by atoms with E-state index in [4.69, 9.17) is 15.3 Å². The van der Waals surface area contributed by atoms with Gasteiger partial charge in [0, 0.05) is 12.5 Å². The highest BCUT2D eigenvalue weighted by atomic mass is 16.5. The Balaban J connectivity index is 3.27. The molecule has 0 bridgehead atoms. The van der Waals surface area contributed by atoms with Gasteiger partial charge >= 0.3 is 5.97 Å². The van der Waals surface area contributed by atoms with Crippen LogP contribution in [0.5, 0.6) is 0 Å². The smallest absolute Gasteiger partial charge is 0.327 e. The molecule has 0 atom stereocenters. The summed E-state index contributed by atoms with van der Waals surface area (Å²) in [5.41, 5.74) is 0. The second-order valence-corrected chi connectivity index (χ2v) is 1.80. The Morgan fingerprint density at radius 3 is 2.50 bits per heavy atom. The van der Waals surface area contributed by atoms with Gasteiger partial charge in [-0.2, -0.15) is 0 Å². The van der Waals surface area contributed by atoms with Gasteiger partial charge in [0.1, 0.15) is 0 Å². The summed E-state index contributed by atoms with van der Waals surface area (Å²) in [5, 5.41) is 24.7. The zero-order valence-corrected chi connectivity index (χ0v) is 5.40. The van der Waals surface area contributed by atoms with E-state index in [1.807, 2.05) is 0 Å². The van der Waals surface area contributed by atoms with Gasteiger partial charge in [-0.05, 0) is 6.42 Å². The Labute approximate surface area is 58.4 Å². The van der Waals surface area contributed by atoms with Crippen LogP contribution in [0, 0.1) is 0 Å². The van der Waals surface area contributed by atoms with Crippen LogP contribution < -0.4 is 0 Å². The number of carboxylic acid groups (broad SMARTS) is 1. The van der Waals surface area contributed by atoms with E-state index >= 15 is 0 Å². The number of aliphatic hydroxyl groups is 2. The third-order valence-corrected chi connectivity index (χ3v) is 0.852. The molecular weight excluding hydrogens is 136 g/mol. The monoisotopic (exact) mass is 146 g/mol. The molecule has 0 heterocycles. The molecule has 0 aromatic heterocycles. The molecule has 0 unspecified atom stereocenters. The molecule has 0 aliphatic rings. The normalized spacial score (nSPS) is 11.1. The molecule has 0 aliphatic heterocycles. The molecule has 0 saturated carbocycles. The van der Waals surface area contributed by atoms with Gasteiger partial charge in [-0.25, -0.2) is 4.79 Å². The molecule has 58 valence electrons. The summed E-state index contributed by atoms with van der Waals surface area (Å²) in [5.74, 6) is -1.02. The van der Waals surface area contributed by atoms with Gasteiger partial charge in [0.05, 0.1) is 0 Å². The molecule has 10 heavy (non-hydrogen) atoms. The number of allylic oxidation sites excluding steroid dienone is 1. The van der Waals surface area contributed by atoms with Gasteiger partial charge in [-0.3, -0.25) is 0 Å². The molecule has 0 saturated heterocycles. The maximum absolute atomic E-state index is 9.83. The molecule has 0 aromatic rings. The van der Waals surface area contributed by atoms with E-state index in [-0.39, 0.29) is 6.42 Å². The Kier molecular flexibility index (Phi) is 4.53. The fraction of sp³-hybridized carbons (Fsp3) is 0.500. The van der Waals surface area contributed by atoms with Crippen LogP contribution in [-0.4, -0.2) is 27.6 Å². The van der Waals surface area contributed by atoms with Crippen LogP contribution in [0.15, 0.2) is 12.2 Å². The second kappa shape index (κ2) is 4.96. The highest BCUT2D eigenvalue weighted by Gasteiger charge is 1.93. The molecular formula is C6H10O4. The van der Waals surface area contributed by atoms with Crippen molar-refractivity contribution in [2.45, 2.75) is 19.1 Å². The van der Waals surface area contributed by atoms with Gasteiger partial charge in [0.2, 0.25) is 0 Å². The van der Waals surface area contributed by atoms with Gasteiger partial charge in [-0.15, -0.1) is 0 Å². The first-order valence-electron chi connectivity index (χ1n) is 2.88. The van der Waals surface area contributed by atoms with Crippen molar-refractivity contribution in [3.63, 3.8) is 0 Å². The molecule has 0 fully saturated rings. The predicted octanol–water partition coefficient (Wildman–Crippen LogP) is -0.282. The summed E-state index contributed by atoms with van der Waals surface area (Å²) in [6.07, 6.45) is 1.54. The SMILES string of the molecule is O=C(O)C=CCCC(O)O. The van der Waals surface area contributed by atoms with Gasteiger partial charge in [0.15, 0.2) is 6.29 Å². The predicted molar refractivity (Wildman–Crippen MR) is 34.2 cm³/mol. The quantitative estimate of drug-likeness (QED) is 0.376. The highest BCUT2D eigenvalue weighted by molar-refractivity contribution is 5.79. The topological polar surface area (TPSA) is 77.8 Å². The molecule has 0 rings (SSSR count). The van der Waals surface area contributed by atoms with Crippen molar-refractivity contribution >= 4 is 5.97 Å². The summed E-state index contributed by atoms with van der Waals surface area (Å²) in [7, 11) is 0. The molecule has 4 heteroatoms. The fourth-order valence-electron chi connectivity index (χ4n) is 0.429. The summed E-state index contributed by atoms with van der Waals surface area (Å²) >= 11 is 0. The van der Waals surface area contributed by atoms with Crippen molar-refractivity contribution in [3.05, 3.63) is 12.2 Å². The molecule has 3 N–H and O–H groups in total. The summed E-state index contributed by atoms with van der Waals surface area (Å²) in [6.45, 7) is 0. The summed E-state index contributed by atoms with van der Waals surface area (Å²) in [6, 6.07) is 0. The Hall–Kier alpha value is -0.870. The maximum atomic E-state index is 9.83. The van der Waals surface area contributed by atoms with E-state index in [1.54, 1.807) is 0 Å². The minimum absolute atomic E-state index is 0.170. The number of aliphatic hydroxyl groups excluding tert-OH is 1. The van der Waals surface area contributed by atoms with E-state index in [1.165, 1.54) is 6.08 Å². The summed E-state index contributed by atoms with van der Waals surface area (Å²) < 4.78 is 0. The molecule has 0 amide bonds. The lowest BCUT2D eigenvalue weighted by atomic mass is 10.3. The molecule has 0 radical (unpaired) electrons. The van der Waals surface area contributed by atoms with Gasteiger partial charge in [0.25, 0.3) is 0 Å². The number of carboxylic acids is 1. The minimum atomic E-state index is -1.35. The lowest BCUT2D eigenvalue weighted by Crippen LogP contribution is -2.02. The number of hydrogen-bond acceptors (Lipinski definition) is 3. The number of hydrogen-bond donors (Lipinski definition) is 3. The van der Waals surface area contributed by atoms with E-state index < -0.39 is 12.3 Å². The first-order valence-corrected chi connectivity index (χ1v) is 2.88. The minimum Gasteiger partial charge on any atom is -0.478 e. The van der Waals surface area contributed by atoms with Gasteiger partial charge < -0.3 is 15.3 Å². The number of carbonyl (C=O) groups is 1. The Bertz CT molecular complexity index is 128. The van der Waals surface area contributed by atoms with Crippen molar-refractivity contribution in [2.24, 2.45) is 0 Å². The van der Waals surface area contributed by atoms with E-state index in [0.717, 1.165) is 6.08 Å². The molecule has 0 aromatic carbocycles. The van der Waals surface area contributed by atoms with Crippen LogP contribution >= 0.6 is 0 Å². The second-order valence-electron chi connectivity index (χ2n) is 1.80. The van der Waals surface area contributed by atoms with Crippen molar-refractivity contribution in [1.82, 2.24) is 0 Å². The van der Waals surface area contributed by atoms with E-state index in [2.05, 4.69) is 0 Å². The maximum Gasteiger partial charge on any atom is 0.327 e. The van der Waals surface area contributed by atoms with Crippen molar-refractivity contribution in [2.75, 3.05) is 0 Å².